The van der Waals surface area contributed by atoms with Gasteiger partial charge in [0.25, 0.3) is 0 Å². The van der Waals surface area contributed by atoms with Gasteiger partial charge in [-0.2, -0.15) is 0 Å². The van der Waals surface area contributed by atoms with Gasteiger partial charge in [-0.05, 0) is 48.0 Å². The smallest absolute Gasteiger partial charge is 0.248 e. The highest BCUT2D eigenvalue weighted by molar-refractivity contribution is 6.01. The summed E-state index contributed by atoms with van der Waals surface area (Å²) in [6.45, 7) is 0. The maximum Gasteiger partial charge on any atom is 0.248 e. The standard InChI is InChI=1S/C24H21N3O4/c1-29-21-9-6-16(14-22(21)30-2)7-10-23(28)27-17-8-11-24(26-15-17)31-20-5-3-4-19-18(20)12-13-25-19/h3-15,25H,1-2H3,(H,27,28)/b10-7+. The molecule has 0 aliphatic heterocycles. The maximum absolute atomic E-state index is 12.2. The summed E-state index contributed by atoms with van der Waals surface area (Å²) in [7, 11) is 3.14. The van der Waals surface area contributed by atoms with Crippen molar-refractivity contribution < 1.29 is 19.0 Å². The van der Waals surface area contributed by atoms with E-state index in [-0.39, 0.29) is 5.91 Å². The zero-order valence-corrected chi connectivity index (χ0v) is 17.1. The van der Waals surface area contributed by atoms with E-state index >= 15 is 0 Å². The Morgan fingerprint density at radius 2 is 1.87 bits per heavy atom. The summed E-state index contributed by atoms with van der Waals surface area (Å²) in [6.07, 6.45) is 6.55. The molecule has 2 N–H and O–H groups in total. The van der Waals surface area contributed by atoms with E-state index < -0.39 is 0 Å². The molecule has 31 heavy (non-hydrogen) atoms. The van der Waals surface area contributed by atoms with Crippen LogP contribution in [-0.2, 0) is 4.79 Å². The molecule has 7 nitrogen and oxygen atoms in total. The number of pyridine rings is 1. The molecule has 0 spiro atoms. The van der Waals surface area contributed by atoms with Crippen LogP contribution in [0.3, 0.4) is 0 Å². The number of nitrogens with one attached hydrogen (secondary N) is 2. The summed E-state index contributed by atoms with van der Waals surface area (Å²) in [5.41, 5.74) is 2.37. The second kappa shape index (κ2) is 9.04. The van der Waals surface area contributed by atoms with Crippen LogP contribution in [0.5, 0.6) is 23.1 Å². The summed E-state index contributed by atoms with van der Waals surface area (Å²) >= 11 is 0. The Labute approximate surface area is 179 Å². The molecule has 0 saturated heterocycles. The average molecular weight is 415 g/mol. The van der Waals surface area contributed by atoms with Crippen molar-refractivity contribution in [3.8, 4) is 23.1 Å². The van der Waals surface area contributed by atoms with Gasteiger partial charge in [-0.3, -0.25) is 4.79 Å². The van der Waals surface area contributed by atoms with Gasteiger partial charge in [0.05, 0.1) is 26.1 Å². The predicted molar refractivity (Wildman–Crippen MR) is 120 cm³/mol. The molecule has 0 bridgehead atoms. The van der Waals surface area contributed by atoms with Crippen molar-refractivity contribution in [3.63, 3.8) is 0 Å². The topological polar surface area (TPSA) is 85.5 Å². The third kappa shape index (κ3) is 4.67. The Morgan fingerprint density at radius 3 is 2.65 bits per heavy atom. The summed E-state index contributed by atoms with van der Waals surface area (Å²) in [5.74, 6) is 2.10. The van der Waals surface area contributed by atoms with Crippen LogP contribution in [0.1, 0.15) is 5.56 Å². The minimum atomic E-state index is -0.276. The molecule has 156 valence electrons. The van der Waals surface area contributed by atoms with Crippen molar-refractivity contribution in [2.45, 2.75) is 0 Å². The van der Waals surface area contributed by atoms with E-state index in [1.54, 1.807) is 50.8 Å². The Balaban J connectivity index is 1.39. The minimum absolute atomic E-state index is 0.276. The van der Waals surface area contributed by atoms with E-state index in [0.717, 1.165) is 16.5 Å². The molecule has 0 fully saturated rings. The van der Waals surface area contributed by atoms with Crippen LogP contribution in [-0.4, -0.2) is 30.1 Å². The van der Waals surface area contributed by atoms with E-state index in [1.165, 1.54) is 6.08 Å². The quantitative estimate of drug-likeness (QED) is 0.414. The van der Waals surface area contributed by atoms with Gasteiger partial charge in [0, 0.05) is 29.2 Å². The van der Waals surface area contributed by atoms with Crippen LogP contribution in [0.2, 0.25) is 0 Å². The highest BCUT2D eigenvalue weighted by Gasteiger charge is 2.06. The lowest BCUT2D eigenvalue weighted by Crippen LogP contribution is -2.07. The van der Waals surface area contributed by atoms with Crippen LogP contribution in [0, 0.1) is 0 Å². The molecule has 0 radical (unpaired) electrons. The molecule has 0 unspecified atom stereocenters. The van der Waals surface area contributed by atoms with Crippen LogP contribution in [0.15, 0.2) is 73.1 Å². The highest BCUT2D eigenvalue weighted by atomic mass is 16.5. The van der Waals surface area contributed by atoms with Gasteiger partial charge in [0.2, 0.25) is 11.8 Å². The van der Waals surface area contributed by atoms with Crippen molar-refractivity contribution in [1.82, 2.24) is 9.97 Å². The Kier molecular flexibility index (Phi) is 5.84. The van der Waals surface area contributed by atoms with Gasteiger partial charge in [-0.1, -0.05) is 12.1 Å². The molecule has 0 saturated carbocycles. The number of carbonyl (C=O) groups excluding carboxylic acids is 1. The lowest BCUT2D eigenvalue weighted by Gasteiger charge is -2.08. The number of anilines is 1. The molecular weight excluding hydrogens is 394 g/mol. The molecule has 2 heterocycles. The SMILES string of the molecule is COc1ccc(/C=C/C(=O)Nc2ccc(Oc3cccc4[nH]ccc34)nc2)cc1OC. The molecule has 2 aromatic carbocycles. The van der Waals surface area contributed by atoms with Crippen molar-refractivity contribution in [2.24, 2.45) is 0 Å². The van der Waals surface area contributed by atoms with Crippen LogP contribution in [0.25, 0.3) is 17.0 Å². The number of hydrogen-bond acceptors (Lipinski definition) is 5. The number of aromatic nitrogens is 2. The largest absolute Gasteiger partial charge is 0.493 e. The molecule has 0 aliphatic rings. The number of benzene rings is 2. The lowest BCUT2D eigenvalue weighted by molar-refractivity contribution is -0.111. The summed E-state index contributed by atoms with van der Waals surface area (Å²) in [5, 5.41) is 3.75. The van der Waals surface area contributed by atoms with E-state index in [1.807, 2.05) is 36.5 Å². The van der Waals surface area contributed by atoms with E-state index in [9.17, 15) is 4.79 Å². The Hall–Kier alpha value is -4.26. The number of fused-ring (bicyclic) bond motifs is 1. The third-order valence-corrected chi connectivity index (χ3v) is 4.61. The monoisotopic (exact) mass is 415 g/mol. The van der Waals surface area contributed by atoms with Gasteiger partial charge in [-0.25, -0.2) is 4.98 Å². The maximum atomic E-state index is 12.2. The summed E-state index contributed by atoms with van der Waals surface area (Å²) in [6, 6.07) is 16.6. The van der Waals surface area contributed by atoms with Crippen molar-refractivity contribution in [1.29, 1.82) is 0 Å². The number of nitrogens with zero attached hydrogens (tertiary/aromatic N) is 1. The van der Waals surface area contributed by atoms with Gasteiger partial charge < -0.3 is 24.5 Å². The van der Waals surface area contributed by atoms with Gasteiger partial charge >= 0.3 is 0 Å². The molecular formula is C24H21N3O4. The number of ether oxygens (including phenoxy) is 3. The second-order valence-electron chi connectivity index (χ2n) is 6.62. The lowest BCUT2D eigenvalue weighted by atomic mass is 10.2. The van der Waals surface area contributed by atoms with Crippen molar-refractivity contribution in [2.75, 3.05) is 19.5 Å². The van der Waals surface area contributed by atoms with Crippen LogP contribution >= 0.6 is 0 Å². The molecule has 1 amide bonds. The highest BCUT2D eigenvalue weighted by Crippen LogP contribution is 2.29. The number of hydrogen-bond donors (Lipinski definition) is 2. The van der Waals surface area contributed by atoms with Crippen molar-refractivity contribution >= 4 is 28.6 Å². The molecule has 0 aliphatic carbocycles. The predicted octanol–water partition coefficient (Wildman–Crippen LogP) is 5.02. The van der Waals surface area contributed by atoms with Gasteiger partial charge in [0.1, 0.15) is 5.75 Å². The number of aromatic amines is 1. The number of methoxy groups -OCH3 is 2. The molecule has 4 aromatic rings. The number of H-pyrrole nitrogens is 1. The Bertz CT molecular complexity index is 1230. The number of amides is 1. The van der Waals surface area contributed by atoms with E-state index in [2.05, 4.69) is 15.3 Å². The average Bonchev–Trinajstić information content (AvgIpc) is 3.29. The van der Waals surface area contributed by atoms with E-state index in [4.69, 9.17) is 14.2 Å². The van der Waals surface area contributed by atoms with Gasteiger partial charge in [0.15, 0.2) is 11.5 Å². The number of rotatable bonds is 7. The van der Waals surface area contributed by atoms with Crippen LogP contribution in [0.4, 0.5) is 5.69 Å². The van der Waals surface area contributed by atoms with Crippen molar-refractivity contribution in [3.05, 3.63) is 78.6 Å². The minimum Gasteiger partial charge on any atom is -0.493 e. The van der Waals surface area contributed by atoms with Gasteiger partial charge in [-0.15, -0.1) is 0 Å². The Morgan fingerprint density at radius 1 is 1.00 bits per heavy atom. The zero-order valence-electron chi connectivity index (χ0n) is 17.1. The van der Waals surface area contributed by atoms with Crippen LogP contribution < -0.4 is 19.5 Å². The number of carbonyl (C=O) groups is 1. The fourth-order valence-electron chi connectivity index (χ4n) is 3.09. The molecule has 7 heteroatoms. The zero-order chi connectivity index (χ0) is 21.6. The first-order chi connectivity index (χ1) is 15.2. The third-order valence-electron chi connectivity index (χ3n) is 4.61. The summed E-state index contributed by atoms with van der Waals surface area (Å²) in [4.78, 5) is 19.7. The first kappa shape index (κ1) is 20.0. The molecule has 0 atom stereocenters. The first-order valence-corrected chi connectivity index (χ1v) is 9.57. The van der Waals surface area contributed by atoms with E-state index in [0.29, 0.717) is 28.8 Å². The molecule has 4 rings (SSSR count). The second-order valence-corrected chi connectivity index (χ2v) is 6.62. The normalized spacial score (nSPS) is 10.9. The first-order valence-electron chi connectivity index (χ1n) is 9.57. The summed E-state index contributed by atoms with van der Waals surface area (Å²) < 4.78 is 16.4. The fourth-order valence-corrected chi connectivity index (χ4v) is 3.09. The molecule has 2 aromatic heterocycles. The fraction of sp³-hybridized carbons (Fsp3) is 0.0833.